The molecule has 1 atom stereocenters. The third-order valence-electron chi connectivity index (χ3n) is 5.09. The summed E-state index contributed by atoms with van der Waals surface area (Å²) >= 11 is 0. The molecule has 0 unspecified atom stereocenters. The molecular weight excluding hydrogens is 274 g/mol. The molecule has 1 aliphatic carbocycles. The highest BCUT2D eigenvalue weighted by molar-refractivity contribution is 5.83. The lowest BCUT2D eigenvalue weighted by Gasteiger charge is -2.40. The first-order valence-electron chi connectivity index (χ1n) is 7.81. The van der Waals surface area contributed by atoms with Crippen molar-refractivity contribution in [2.24, 2.45) is 0 Å². The zero-order valence-electron chi connectivity index (χ0n) is 13.3. The van der Waals surface area contributed by atoms with Gasteiger partial charge in [0.15, 0.2) is 11.5 Å². The van der Waals surface area contributed by atoms with Gasteiger partial charge in [-0.05, 0) is 48.2 Å². The fourth-order valence-corrected chi connectivity index (χ4v) is 4.00. The van der Waals surface area contributed by atoms with Crippen LogP contribution in [0.3, 0.4) is 0 Å². The van der Waals surface area contributed by atoms with Crippen LogP contribution in [0, 0.1) is 0 Å². The Bertz CT molecular complexity index is 738. The summed E-state index contributed by atoms with van der Waals surface area (Å²) in [5, 5.41) is 0. The Balaban J connectivity index is 2.09. The minimum Gasteiger partial charge on any atom is -0.493 e. The van der Waals surface area contributed by atoms with E-state index in [9.17, 15) is 0 Å². The van der Waals surface area contributed by atoms with Crippen LogP contribution in [0.15, 0.2) is 30.3 Å². The van der Waals surface area contributed by atoms with Crippen molar-refractivity contribution >= 4 is 0 Å². The number of fused-ring (bicyclic) bond motifs is 2. The largest absolute Gasteiger partial charge is 0.493 e. The molecule has 1 aliphatic heterocycles. The van der Waals surface area contributed by atoms with Gasteiger partial charge in [-0.2, -0.15) is 0 Å². The SMILES string of the molecule is COc1cc2c3c(c1OC)-c1ccccc1C[C@H]3N(C)CC2. The van der Waals surface area contributed by atoms with Gasteiger partial charge in [0, 0.05) is 18.2 Å². The summed E-state index contributed by atoms with van der Waals surface area (Å²) in [5.41, 5.74) is 6.76. The molecule has 2 aromatic carbocycles. The average molecular weight is 295 g/mol. The Morgan fingerprint density at radius 1 is 1.09 bits per heavy atom. The zero-order valence-corrected chi connectivity index (χ0v) is 13.3. The standard InChI is InChI=1S/C19H21NO2/c1-20-9-8-13-11-16(21-2)19(22-3)18-14-7-5-4-6-12(14)10-15(20)17(13)18/h4-7,11,15H,8-10H2,1-3H3/t15-/m1/s1. The molecule has 22 heavy (non-hydrogen) atoms. The number of benzene rings is 2. The number of hydrogen-bond donors (Lipinski definition) is 0. The smallest absolute Gasteiger partial charge is 0.168 e. The van der Waals surface area contributed by atoms with Crippen molar-refractivity contribution < 1.29 is 9.47 Å². The Kier molecular flexibility index (Phi) is 3.12. The molecule has 2 aliphatic rings. The fourth-order valence-electron chi connectivity index (χ4n) is 4.00. The van der Waals surface area contributed by atoms with Crippen molar-refractivity contribution in [1.82, 2.24) is 4.90 Å². The number of hydrogen-bond acceptors (Lipinski definition) is 3. The molecule has 0 aromatic heterocycles. The van der Waals surface area contributed by atoms with E-state index >= 15 is 0 Å². The highest BCUT2D eigenvalue weighted by Crippen LogP contribution is 2.51. The Hall–Kier alpha value is -2.00. The van der Waals surface area contributed by atoms with Crippen LogP contribution in [0.2, 0.25) is 0 Å². The average Bonchev–Trinajstić information content (AvgIpc) is 2.57. The summed E-state index contributed by atoms with van der Waals surface area (Å²) in [6.07, 6.45) is 2.14. The second-order valence-electron chi connectivity index (χ2n) is 6.17. The molecule has 0 amide bonds. The Morgan fingerprint density at radius 2 is 1.91 bits per heavy atom. The number of methoxy groups -OCH3 is 2. The molecule has 114 valence electrons. The van der Waals surface area contributed by atoms with Crippen molar-refractivity contribution in [2.45, 2.75) is 18.9 Å². The third-order valence-corrected chi connectivity index (χ3v) is 5.09. The van der Waals surface area contributed by atoms with Crippen molar-refractivity contribution in [3.63, 3.8) is 0 Å². The lowest BCUT2D eigenvalue weighted by molar-refractivity contribution is 0.226. The number of nitrogens with zero attached hydrogens (tertiary/aromatic N) is 1. The van der Waals surface area contributed by atoms with Crippen LogP contribution in [0.1, 0.15) is 22.7 Å². The second-order valence-corrected chi connectivity index (χ2v) is 6.17. The monoisotopic (exact) mass is 295 g/mol. The van der Waals surface area contributed by atoms with Crippen LogP contribution in [-0.4, -0.2) is 32.7 Å². The van der Waals surface area contributed by atoms with Gasteiger partial charge in [-0.25, -0.2) is 0 Å². The molecule has 0 fully saturated rings. The van der Waals surface area contributed by atoms with E-state index in [4.69, 9.17) is 9.47 Å². The summed E-state index contributed by atoms with van der Waals surface area (Å²) in [6, 6.07) is 11.3. The predicted molar refractivity (Wildman–Crippen MR) is 87.8 cm³/mol. The van der Waals surface area contributed by atoms with Gasteiger partial charge in [0.2, 0.25) is 0 Å². The number of rotatable bonds is 2. The third kappa shape index (κ3) is 1.78. The molecule has 0 bridgehead atoms. The molecular formula is C19H21NO2. The quantitative estimate of drug-likeness (QED) is 0.847. The highest BCUT2D eigenvalue weighted by atomic mass is 16.5. The first-order valence-corrected chi connectivity index (χ1v) is 7.81. The maximum absolute atomic E-state index is 5.76. The molecule has 3 nitrogen and oxygen atoms in total. The van der Waals surface area contributed by atoms with E-state index in [1.54, 1.807) is 14.2 Å². The maximum Gasteiger partial charge on any atom is 0.168 e. The summed E-state index contributed by atoms with van der Waals surface area (Å²) in [4.78, 5) is 2.47. The van der Waals surface area contributed by atoms with Crippen LogP contribution in [-0.2, 0) is 12.8 Å². The number of likely N-dealkylation sites (N-methyl/N-ethyl adjacent to an activating group) is 1. The van der Waals surface area contributed by atoms with E-state index in [1.165, 1.54) is 27.8 Å². The molecule has 2 aromatic rings. The van der Waals surface area contributed by atoms with Gasteiger partial charge in [0.05, 0.1) is 14.2 Å². The maximum atomic E-state index is 5.76. The van der Waals surface area contributed by atoms with Crippen LogP contribution < -0.4 is 9.47 Å². The van der Waals surface area contributed by atoms with Crippen molar-refractivity contribution in [2.75, 3.05) is 27.8 Å². The van der Waals surface area contributed by atoms with Gasteiger partial charge in [-0.15, -0.1) is 0 Å². The van der Waals surface area contributed by atoms with E-state index in [-0.39, 0.29) is 0 Å². The topological polar surface area (TPSA) is 21.7 Å². The Labute approximate surface area is 131 Å². The van der Waals surface area contributed by atoms with Crippen molar-refractivity contribution in [3.8, 4) is 22.6 Å². The lowest BCUT2D eigenvalue weighted by atomic mass is 9.76. The lowest BCUT2D eigenvalue weighted by Crippen LogP contribution is -2.35. The van der Waals surface area contributed by atoms with E-state index < -0.39 is 0 Å². The minimum atomic E-state index is 0.438. The molecule has 0 saturated carbocycles. The van der Waals surface area contributed by atoms with Gasteiger partial charge in [-0.1, -0.05) is 24.3 Å². The zero-order chi connectivity index (χ0) is 15.3. The van der Waals surface area contributed by atoms with Crippen LogP contribution in [0.25, 0.3) is 11.1 Å². The van der Waals surface area contributed by atoms with Gasteiger partial charge in [0.1, 0.15) is 0 Å². The van der Waals surface area contributed by atoms with Gasteiger partial charge < -0.3 is 9.47 Å². The van der Waals surface area contributed by atoms with Crippen molar-refractivity contribution in [1.29, 1.82) is 0 Å². The van der Waals surface area contributed by atoms with Crippen molar-refractivity contribution in [3.05, 3.63) is 47.0 Å². The molecule has 4 rings (SSSR count). The summed E-state index contributed by atoms with van der Waals surface area (Å²) in [6.45, 7) is 1.09. The van der Waals surface area contributed by atoms with Gasteiger partial charge in [-0.3, -0.25) is 4.90 Å². The first kappa shape index (κ1) is 13.6. The molecule has 0 saturated heterocycles. The molecule has 0 N–H and O–H groups in total. The summed E-state index contributed by atoms with van der Waals surface area (Å²) < 4.78 is 11.4. The first-order chi connectivity index (χ1) is 10.7. The van der Waals surface area contributed by atoms with Gasteiger partial charge in [0.25, 0.3) is 0 Å². The number of ether oxygens (including phenoxy) is 2. The van der Waals surface area contributed by atoms with Gasteiger partial charge >= 0.3 is 0 Å². The van der Waals surface area contributed by atoms with E-state index in [0.717, 1.165) is 30.9 Å². The van der Waals surface area contributed by atoms with Crippen LogP contribution >= 0.6 is 0 Å². The predicted octanol–water partition coefficient (Wildman–Crippen LogP) is 3.46. The summed E-state index contributed by atoms with van der Waals surface area (Å²) in [7, 11) is 5.68. The summed E-state index contributed by atoms with van der Waals surface area (Å²) in [5.74, 6) is 1.71. The van der Waals surface area contributed by atoms with E-state index in [1.807, 2.05) is 0 Å². The van der Waals surface area contributed by atoms with Crippen LogP contribution in [0.4, 0.5) is 0 Å². The molecule has 0 radical (unpaired) electrons. The normalized spacial score (nSPS) is 19.3. The van der Waals surface area contributed by atoms with E-state index in [0.29, 0.717) is 6.04 Å². The van der Waals surface area contributed by atoms with E-state index in [2.05, 4.69) is 42.3 Å². The second kappa shape index (κ2) is 5.03. The van der Waals surface area contributed by atoms with Crippen LogP contribution in [0.5, 0.6) is 11.5 Å². The highest BCUT2D eigenvalue weighted by Gasteiger charge is 2.35. The Morgan fingerprint density at radius 3 is 2.68 bits per heavy atom. The molecule has 0 spiro atoms. The fraction of sp³-hybridized carbons (Fsp3) is 0.368. The molecule has 3 heteroatoms. The minimum absolute atomic E-state index is 0.438. The molecule has 1 heterocycles.